The van der Waals surface area contributed by atoms with E-state index in [0.29, 0.717) is 4.74 Å². The average Bonchev–Trinajstić information content (AvgIpc) is 2.15. The molecule has 0 saturated heterocycles. The monoisotopic (exact) mass is 189 g/mol. The number of esters is 1. The van der Waals surface area contributed by atoms with Crippen molar-refractivity contribution in [3.8, 4) is 0 Å². The molecule has 0 bridgehead atoms. The van der Waals surface area contributed by atoms with Crippen LogP contribution < -0.4 is 0 Å². The normalized spacial score (nSPS) is 14.5. The average molecular weight is 189 g/mol. The standard InChI is InChI=1S/C7H11NO5/c1-6(13-11)8(10)5-3-4-7(9)12-2/h3-6,11H,1-2H3/b4-3-,8-5-. The topological polar surface area (TPSA) is 81.8 Å². The first-order valence-corrected chi connectivity index (χ1v) is 3.47. The second kappa shape index (κ2) is 6.15. The lowest BCUT2D eigenvalue weighted by molar-refractivity contribution is -0.592. The summed E-state index contributed by atoms with van der Waals surface area (Å²) in [5.74, 6) is -0.567. The second-order valence-corrected chi connectivity index (χ2v) is 2.10. The molecule has 1 unspecified atom stereocenters. The van der Waals surface area contributed by atoms with Crippen molar-refractivity contribution in [2.24, 2.45) is 0 Å². The Kier molecular flexibility index (Phi) is 5.49. The van der Waals surface area contributed by atoms with E-state index < -0.39 is 12.2 Å². The third-order valence-corrected chi connectivity index (χ3v) is 1.18. The lowest BCUT2D eigenvalue weighted by Crippen LogP contribution is -2.20. The fraction of sp³-hybridized carbons (Fsp3) is 0.429. The Bertz CT molecular complexity index is 223. The van der Waals surface area contributed by atoms with E-state index in [2.05, 4.69) is 9.62 Å². The van der Waals surface area contributed by atoms with Crippen LogP contribution in [0.25, 0.3) is 0 Å². The van der Waals surface area contributed by atoms with Crippen LogP contribution in [0.3, 0.4) is 0 Å². The molecule has 0 aromatic carbocycles. The predicted octanol–water partition coefficient (Wildman–Crippen LogP) is 0.132. The molecule has 74 valence electrons. The molecule has 0 aliphatic heterocycles. The van der Waals surface area contributed by atoms with Gasteiger partial charge in [-0.15, -0.1) is 0 Å². The highest BCUT2D eigenvalue weighted by Crippen LogP contribution is 1.87. The van der Waals surface area contributed by atoms with Crippen LogP contribution >= 0.6 is 0 Å². The SMILES string of the molecule is COC(=O)/C=C\C=[N+](/[O-])C(C)OO. The molecular weight excluding hydrogens is 178 g/mol. The van der Waals surface area contributed by atoms with E-state index in [1.54, 1.807) is 0 Å². The maximum Gasteiger partial charge on any atom is 0.330 e. The summed E-state index contributed by atoms with van der Waals surface area (Å²) in [5.41, 5.74) is 0. The highest BCUT2D eigenvalue weighted by Gasteiger charge is 2.05. The minimum atomic E-state index is -1.01. The van der Waals surface area contributed by atoms with Crippen molar-refractivity contribution in [3.63, 3.8) is 0 Å². The maximum atomic E-state index is 10.8. The van der Waals surface area contributed by atoms with Gasteiger partial charge in [-0.1, -0.05) is 0 Å². The number of hydroxylamine groups is 1. The lowest BCUT2D eigenvalue weighted by Gasteiger charge is -2.06. The van der Waals surface area contributed by atoms with Gasteiger partial charge in [0.25, 0.3) is 6.23 Å². The largest absolute Gasteiger partial charge is 0.622 e. The first-order chi connectivity index (χ1) is 6.11. The molecule has 0 amide bonds. The Morgan fingerprint density at radius 3 is 2.77 bits per heavy atom. The van der Waals surface area contributed by atoms with Crippen LogP contribution in [0.15, 0.2) is 12.2 Å². The molecule has 0 saturated carbocycles. The molecule has 0 aromatic rings. The van der Waals surface area contributed by atoms with Gasteiger partial charge in [0.05, 0.1) is 7.11 Å². The number of ether oxygens (including phenoxy) is 1. The van der Waals surface area contributed by atoms with E-state index in [-0.39, 0.29) is 0 Å². The Balaban J connectivity index is 4.10. The molecule has 0 radical (unpaired) electrons. The first-order valence-electron chi connectivity index (χ1n) is 3.47. The van der Waals surface area contributed by atoms with Gasteiger partial charge in [0.2, 0.25) is 0 Å². The Morgan fingerprint density at radius 2 is 2.31 bits per heavy atom. The molecule has 6 nitrogen and oxygen atoms in total. The summed E-state index contributed by atoms with van der Waals surface area (Å²) in [6.07, 6.45) is 2.27. The molecule has 0 aliphatic carbocycles. The van der Waals surface area contributed by atoms with Crippen LogP contribution in [0, 0.1) is 5.21 Å². The number of rotatable bonds is 4. The van der Waals surface area contributed by atoms with Crippen molar-refractivity contribution in [2.75, 3.05) is 7.11 Å². The minimum Gasteiger partial charge on any atom is -0.622 e. The molecule has 0 rings (SSSR count). The summed E-state index contributed by atoms with van der Waals surface area (Å²) >= 11 is 0. The second-order valence-electron chi connectivity index (χ2n) is 2.10. The van der Waals surface area contributed by atoms with Gasteiger partial charge < -0.3 is 9.94 Å². The minimum absolute atomic E-state index is 0.333. The number of allylic oxidation sites excluding steroid dienone is 1. The highest BCUT2D eigenvalue weighted by atomic mass is 17.1. The Morgan fingerprint density at radius 1 is 1.69 bits per heavy atom. The summed E-state index contributed by atoms with van der Waals surface area (Å²) in [6, 6.07) is 0. The zero-order chi connectivity index (χ0) is 10.3. The van der Waals surface area contributed by atoms with Gasteiger partial charge >= 0.3 is 5.97 Å². The third-order valence-electron chi connectivity index (χ3n) is 1.18. The Labute approximate surface area is 75.2 Å². The fourth-order valence-corrected chi connectivity index (χ4v) is 0.442. The van der Waals surface area contributed by atoms with E-state index >= 15 is 0 Å². The summed E-state index contributed by atoms with van der Waals surface area (Å²) in [4.78, 5) is 14.2. The summed E-state index contributed by atoms with van der Waals surface area (Å²) in [7, 11) is 1.22. The van der Waals surface area contributed by atoms with Crippen molar-refractivity contribution in [1.29, 1.82) is 0 Å². The third kappa shape index (κ3) is 4.94. The molecule has 1 N–H and O–H groups in total. The highest BCUT2D eigenvalue weighted by molar-refractivity contribution is 5.86. The number of methoxy groups -OCH3 is 1. The van der Waals surface area contributed by atoms with Gasteiger partial charge in [-0.05, 0) is 0 Å². The number of hydrogen-bond acceptors (Lipinski definition) is 5. The van der Waals surface area contributed by atoms with Crippen molar-refractivity contribution < 1.29 is 24.4 Å². The molecule has 13 heavy (non-hydrogen) atoms. The van der Waals surface area contributed by atoms with Gasteiger partial charge in [0.15, 0.2) is 6.21 Å². The number of hydrogen-bond donors (Lipinski definition) is 1. The van der Waals surface area contributed by atoms with Gasteiger partial charge in [0, 0.05) is 19.1 Å². The van der Waals surface area contributed by atoms with Gasteiger partial charge in [-0.25, -0.2) is 10.1 Å². The first kappa shape index (κ1) is 11.6. The van der Waals surface area contributed by atoms with Gasteiger partial charge in [-0.2, -0.15) is 9.63 Å². The van der Waals surface area contributed by atoms with Crippen molar-refractivity contribution in [3.05, 3.63) is 17.4 Å². The molecule has 0 fully saturated rings. The molecule has 0 heterocycles. The molecule has 1 atom stereocenters. The van der Waals surface area contributed by atoms with Crippen LogP contribution in [-0.4, -0.2) is 35.5 Å². The van der Waals surface area contributed by atoms with Crippen molar-refractivity contribution >= 4 is 12.2 Å². The van der Waals surface area contributed by atoms with Crippen LogP contribution in [0.2, 0.25) is 0 Å². The molecule has 0 aliphatic rings. The van der Waals surface area contributed by atoms with Crippen LogP contribution in [0.5, 0.6) is 0 Å². The maximum absolute atomic E-state index is 10.8. The zero-order valence-corrected chi connectivity index (χ0v) is 7.34. The van der Waals surface area contributed by atoms with Crippen LogP contribution in [0.1, 0.15) is 6.92 Å². The molecule has 6 heteroatoms. The van der Waals surface area contributed by atoms with Crippen molar-refractivity contribution in [1.82, 2.24) is 0 Å². The Hall–Kier alpha value is -1.40. The summed E-state index contributed by atoms with van der Waals surface area (Å²) in [6.45, 7) is 1.34. The number of carbonyl (C=O) groups excluding carboxylic acids is 1. The van der Waals surface area contributed by atoms with Crippen molar-refractivity contribution in [2.45, 2.75) is 13.2 Å². The van der Waals surface area contributed by atoms with Gasteiger partial charge in [0.1, 0.15) is 0 Å². The predicted molar refractivity (Wildman–Crippen MR) is 44.0 cm³/mol. The summed E-state index contributed by atoms with van der Waals surface area (Å²) in [5, 5.41) is 18.9. The molecule has 0 aromatic heterocycles. The van der Waals surface area contributed by atoms with E-state index in [1.807, 2.05) is 0 Å². The number of carbonyl (C=O) groups is 1. The lowest BCUT2D eigenvalue weighted by atomic mass is 10.5. The van der Waals surface area contributed by atoms with E-state index in [9.17, 15) is 10.0 Å². The summed E-state index contributed by atoms with van der Waals surface area (Å²) < 4.78 is 4.60. The number of nitrogens with zero attached hydrogens (tertiary/aromatic N) is 1. The zero-order valence-electron chi connectivity index (χ0n) is 7.34. The van der Waals surface area contributed by atoms with E-state index in [0.717, 1.165) is 12.3 Å². The van der Waals surface area contributed by atoms with Gasteiger partial charge in [-0.3, -0.25) is 0 Å². The fourth-order valence-electron chi connectivity index (χ4n) is 0.442. The molecule has 0 spiro atoms. The van der Waals surface area contributed by atoms with Crippen LogP contribution in [0.4, 0.5) is 0 Å². The van der Waals surface area contributed by atoms with E-state index in [1.165, 1.54) is 20.1 Å². The quantitative estimate of drug-likeness (QED) is 0.0993. The van der Waals surface area contributed by atoms with Crippen LogP contribution in [-0.2, 0) is 14.4 Å². The molecular formula is C7H11NO5. The smallest absolute Gasteiger partial charge is 0.330 e. The van der Waals surface area contributed by atoms with E-state index in [4.69, 9.17) is 5.26 Å².